The summed E-state index contributed by atoms with van der Waals surface area (Å²) in [4.78, 5) is 33.1. The number of imidazole rings is 1. The van der Waals surface area contributed by atoms with Gasteiger partial charge in [0.1, 0.15) is 18.8 Å². The molecule has 2 aromatic carbocycles. The molecule has 230 valence electrons. The Morgan fingerprint density at radius 2 is 2.09 bits per heavy atom. The van der Waals surface area contributed by atoms with Crippen molar-refractivity contribution in [2.75, 3.05) is 37.5 Å². The smallest absolute Gasteiger partial charge is 0.411 e. The first-order valence-electron chi connectivity index (χ1n) is 14.0. The molecule has 1 atom stereocenters. The van der Waals surface area contributed by atoms with E-state index in [1.54, 1.807) is 18.3 Å². The van der Waals surface area contributed by atoms with Crippen LogP contribution in [0.1, 0.15) is 43.1 Å². The van der Waals surface area contributed by atoms with E-state index in [2.05, 4.69) is 41.4 Å². The maximum absolute atomic E-state index is 14.9. The zero-order chi connectivity index (χ0) is 30.9. The van der Waals surface area contributed by atoms with Crippen molar-refractivity contribution in [2.45, 2.75) is 31.7 Å². The number of hydrogen-bond donors (Lipinski definition) is 4. The van der Waals surface area contributed by atoms with E-state index >= 15 is 0 Å². The molecule has 15 heteroatoms. The number of carbonyl (C=O) groups is 2. The molecule has 0 radical (unpaired) electrons. The van der Waals surface area contributed by atoms with E-state index in [0.717, 1.165) is 36.2 Å². The second-order valence-electron chi connectivity index (χ2n) is 9.92. The average Bonchev–Trinajstić information content (AvgIpc) is 3.72. The molecule has 0 saturated heterocycles. The van der Waals surface area contributed by atoms with Crippen LogP contribution in [-0.4, -0.2) is 69.0 Å². The molecule has 1 unspecified atom stereocenters. The highest BCUT2D eigenvalue weighted by atomic mass is 35.5. The van der Waals surface area contributed by atoms with Crippen molar-refractivity contribution >= 4 is 41.1 Å². The van der Waals surface area contributed by atoms with Crippen LogP contribution in [0.4, 0.5) is 20.6 Å². The SMILES string of the molecule is COCCOC(=O)Nc1ccc2c(c1)NCCCCCC(NC(=O)C=Cc1c(-n3cnnn3)ccc(Cl)c1F)c1ncc-2[nH]1. The second-order valence-corrected chi connectivity index (χ2v) is 10.3. The lowest BCUT2D eigenvalue weighted by atomic mass is 10.1. The molecule has 44 heavy (non-hydrogen) atoms. The third-order valence-electron chi connectivity index (χ3n) is 6.91. The van der Waals surface area contributed by atoms with Crippen LogP contribution in [0.25, 0.3) is 23.0 Å². The van der Waals surface area contributed by atoms with E-state index in [1.807, 2.05) is 12.1 Å². The summed E-state index contributed by atoms with van der Waals surface area (Å²) >= 11 is 6.01. The Labute approximate surface area is 257 Å². The lowest BCUT2D eigenvalue weighted by molar-refractivity contribution is -0.117. The molecule has 3 heterocycles. The van der Waals surface area contributed by atoms with Gasteiger partial charge in [0.25, 0.3) is 0 Å². The van der Waals surface area contributed by atoms with Crippen molar-refractivity contribution in [1.29, 1.82) is 0 Å². The first kappa shape index (κ1) is 30.6. The van der Waals surface area contributed by atoms with Crippen LogP contribution in [0.5, 0.6) is 0 Å². The van der Waals surface area contributed by atoms with E-state index in [1.165, 1.54) is 36.3 Å². The zero-order valence-electron chi connectivity index (χ0n) is 23.8. The van der Waals surface area contributed by atoms with E-state index < -0.39 is 23.9 Å². The van der Waals surface area contributed by atoms with Crippen molar-refractivity contribution in [3.63, 3.8) is 0 Å². The minimum atomic E-state index is -0.695. The molecule has 4 N–H and O–H groups in total. The summed E-state index contributed by atoms with van der Waals surface area (Å²) in [5.41, 5.74) is 3.36. The van der Waals surface area contributed by atoms with Crippen LogP contribution >= 0.6 is 11.6 Å². The topological polar surface area (TPSA) is 161 Å². The number of nitrogens with one attached hydrogen (secondary N) is 4. The van der Waals surface area contributed by atoms with Crippen LogP contribution in [0, 0.1) is 5.82 Å². The Hall–Kier alpha value is -4.82. The number of rotatable bonds is 8. The van der Waals surface area contributed by atoms with Crippen molar-refractivity contribution in [2.24, 2.45) is 0 Å². The molecule has 0 fully saturated rings. The number of ether oxygens (including phenoxy) is 2. The Balaban J connectivity index is 1.34. The molecule has 5 rings (SSSR count). The average molecular weight is 624 g/mol. The summed E-state index contributed by atoms with van der Waals surface area (Å²) in [7, 11) is 1.53. The number of halogens is 2. The third-order valence-corrected chi connectivity index (χ3v) is 7.20. The standard InChI is InChI=1S/C29H31ClFN9O4/c1-43-13-14-44-29(42)35-18-6-7-19-23(15-18)32-12-4-2-3-5-22(28-33-16-24(19)37-28)36-26(41)11-8-20-25(40-17-34-38-39-40)10-9-21(30)27(20)31/h6-11,15-17,22,32H,2-5,12-14H2,1H3,(H,33,37)(H,35,42)(H,36,41). The molecule has 13 nitrogen and oxygen atoms in total. The quantitative estimate of drug-likeness (QED) is 0.158. The molecule has 1 aliphatic heterocycles. The Bertz CT molecular complexity index is 1630. The highest BCUT2D eigenvalue weighted by Crippen LogP contribution is 2.32. The van der Waals surface area contributed by atoms with Crippen molar-refractivity contribution in [3.05, 3.63) is 71.2 Å². The lowest BCUT2D eigenvalue weighted by Gasteiger charge is -2.18. The molecule has 4 aromatic rings. The van der Waals surface area contributed by atoms with E-state index in [-0.39, 0.29) is 17.2 Å². The lowest BCUT2D eigenvalue weighted by Crippen LogP contribution is -2.28. The summed E-state index contributed by atoms with van der Waals surface area (Å²) in [6.45, 7) is 1.17. The van der Waals surface area contributed by atoms with Crippen LogP contribution in [0.15, 0.2) is 48.9 Å². The summed E-state index contributed by atoms with van der Waals surface area (Å²) < 4.78 is 26.2. The number of anilines is 2. The molecule has 2 amide bonds. The van der Waals surface area contributed by atoms with Crippen LogP contribution in [0.3, 0.4) is 0 Å². The van der Waals surface area contributed by atoms with Gasteiger partial charge in [-0.05, 0) is 59.7 Å². The molecule has 2 aromatic heterocycles. The monoisotopic (exact) mass is 623 g/mol. The number of benzene rings is 2. The fraction of sp³-hybridized carbons (Fsp3) is 0.310. The predicted molar refractivity (Wildman–Crippen MR) is 162 cm³/mol. The van der Waals surface area contributed by atoms with Gasteiger partial charge in [-0.25, -0.2) is 14.2 Å². The van der Waals surface area contributed by atoms with E-state index in [4.69, 9.17) is 21.1 Å². The number of aromatic amines is 1. The largest absolute Gasteiger partial charge is 0.447 e. The van der Waals surface area contributed by atoms with Crippen molar-refractivity contribution in [3.8, 4) is 16.9 Å². The molecule has 2 bridgehead atoms. The Kier molecular flexibility index (Phi) is 10.1. The predicted octanol–water partition coefficient (Wildman–Crippen LogP) is 4.90. The van der Waals surface area contributed by atoms with Crippen molar-refractivity contribution < 1.29 is 23.5 Å². The van der Waals surface area contributed by atoms with Gasteiger partial charge < -0.3 is 25.1 Å². The van der Waals surface area contributed by atoms with Gasteiger partial charge in [-0.2, -0.15) is 4.68 Å². The number of H-pyrrole nitrogens is 1. The normalized spacial score (nSPS) is 15.0. The minimum absolute atomic E-state index is 0.0696. The number of amides is 2. The Morgan fingerprint density at radius 1 is 1.20 bits per heavy atom. The molecular formula is C29H31ClFN9O4. The van der Waals surface area contributed by atoms with Gasteiger partial charge in [0.05, 0.1) is 35.2 Å². The highest BCUT2D eigenvalue weighted by molar-refractivity contribution is 6.31. The maximum Gasteiger partial charge on any atom is 0.411 e. The minimum Gasteiger partial charge on any atom is -0.447 e. The molecule has 0 spiro atoms. The second kappa shape index (κ2) is 14.6. The fourth-order valence-electron chi connectivity index (χ4n) is 4.74. The first-order valence-corrected chi connectivity index (χ1v) is 14.4. The summed E-state index contributed by atoms with van der Waals surface area (Å²) in [5, 5.41) is 20.1. The number of hydrogen-bond acceptors (Lipinski definition) is 9. The summed E-state index contributed by atoms with van der Waals surface area (Å²) in [6, 6.07) is 8.02. The zero-order valence-corrected chi connectivity index (χ0v) is 24.6. The van der Waals surface area contributed by atoms with Gasteiger partial charge in [0, 0.05) is 42.2 Å². The summed E-state index contributed by atoms with van der Waals surface area (Å²) in [5.74, 6) is -0.545. The van der Waals surface area contributed by atoms with Gasteiger partial charge in [-0.3, -0.25) is 10.1 Å². The van der Waals surface area contributed by atoms with Gasteiger partial charge in [0.2, 0.25) is 5.91 Å². The van der Waals surface area contributed by atoms with Gasteiger partial charge in [0.15, 0.2) is 5.82 Å². The highest BCUT2D eigenvalue weighted by Gasteiger charge is 2.20. The molecule has 1 aliphatic rings. The van der Waals surface area contributed by atoms with Crippen molar-refractivity contribution in [1.82, 2.24) is 35.5 Å². The number of methoxy groups -OCH3 is 1. The maximum atomic E-state index is 14.9. The van der Waals surface area contributed by atoms with E-state index in [9.17, 15) is 14.0 Å². The van der Waals surface area contributed by atoms with Gasteiger partial charge in [-0.15, -0.1) is 5.10 Å². The summed E-state index contributed by atoms with van der Waals surface area (Å²) in [6.07, 6.45) is 8.33. The number of nitrogens with zero attached hydrogens (tertiary/aromatic N) is 5. The fourth-order valence-corrected chi connectivity index (χ4v) is 4.91. The first-order chi connectivity index (χ1) is 21.4. The number of tetrazole rings is 1. The third kappa shape index (κ3) is 7.57. The number of fused-ring (bicyclic) bond motifs is 4. The van der Waals surface area contributed by atoms with Crippen LogP contribution < -0.4 is 16.0 Å². The number of carbonyl (C=O) groups excluding carboxylic acids is 2. The van der Waals surface area contributed by atoms with Gasteiger partial charge >= 0.3 is 6.09 Å². The van der Waals surface area contributed by atoms with E-state index in [0.29, 0.717) is 36.8 Å². The molecule has 0 aliphatic carbocycles. The Morgan fingerprint density at radius 3 is 2.91 bits per heavy atom. The molecular weight excluding hydrogens is 593 g/mol. The number of aromatic nitrogens is 6. The molecule has 0 saturated carbocycles. The van der Waals surface area contributed by atoms with Gasteiger partial charge in [-0.1, -0.05) is 24.4 Å². The van der Waals surface area contributed by atoms with Crippen LogP contribution in [0.2, 0.25) is 5.02 Å². The van der Waals surface area contributed by atoms with Crippen LogP contribution in [-0.2, 0) is 14.3 Å².